The fourth-order valence-electron chi connectivity index (χ4n) is 1.14. The quantitative estimate of drug-likeness (QED) is 0.507. The van der Waals surface area contributed by atoms with Crippen molar-refractivity contribution in [1.29, 1.82) is 0 Å². The van der Waals surface area contributed by atoms with Crippen molar-refractivity contribution >= 4 is 23.3 Å². The summed E-state index contributed by atoms with van der Waals surface area (Å²) in [4.78, 5) is 0. The van der Waals surface area contributed by atoms with Crippen LogP contribution >= 0.6 is 11.5 Å². The lowest BCUT2D eigenvalue weighted by molar-refractivity contribution is 0.340. The molecule has 0 atom stereocenters. The van der Waals surface area contributed by atoms with Gasteiger partial charge < -0.3 is 4.65 Å². The Balaban J connectivity index is 2.51. The summed E-state index contributed by atoms with van der Waals surface area (Å²) in [5.74, 6) is 0. The minimum atomic E-state index is -0.226. The summed E-state index contributed by atoms with van der Waals surface area (Å²) in [7, 11) is 0. The van der Waals surface area contributed by atoms with Crippen LogP contribution in [0.2, 0.25) is 0 Å². The minimum Gasteiger partial charge on any atom is -0.414 e. The van der Waals surface area contributed by atoms with Crippen molar-refractivity contribution in [1.82, 2.24) is 0 Å². The highest BCUT2D eigenvalue weighted by Gasteiger charge is 2.24. The van der Waals surface area contributed by atoms with Crippen LogP contribution in [0.25, 0.3) is 0 Å². The molecule has 0 spiro atoms. The molecule has 0 aliphatic carbocycles. The SMILES string of the molecule is ClB1OCc2ccccc21. The summed E-state index contributed by atoms with van der Waals surface area (Å²) in [5, 5.41) is 0. The first-order valence-electron chi connectivity index (χ1n) is 3.21. The molecule has 2 rings (SSSR count). The molecule has 0 radical (unpaired) electrons. The molecular weight excluding hydrogens is 146 g/mol. The zero-order chi connectivity index (χ0) is 6.97. The molecule has 0 aromatic heterocycles. The summed E-state index contributed by atoms with van der Waals surface area (Å²) >= 11 is 5.82. The third-order valence-corrected chi connectivity index (χ3v) is 2.05. The van der Waals surface area contributed by atoms with Crippen LogP contribution in [0.4, 0.5) is 0 Å². The van der Waals surface area contributed by atoms with E-state index in [-0.39, 0.29) is 6.33 Å². The smallest absolute Gasteiger partial charge is 0.414 e. The monoisotopic (exact) mass is 152 g/mol. The summed E-state index contributed by atoms with van der Waals surface area (Å²) in [5.41, 5.74) is 2.33. The molecule has 1 aliphatic rings. The minimum absolute atomic E-state index is 0.226. The molecular formula is C7H6BClO. The molecule has 1 aromatic carbocycles. The molecule has 0 fully saturated rings. The van der Waals surface area contributed by atoms with Crippen molar-refractivity contribution in [3.05, 3.63) is 29.8 Å². The van der Waals surface area contributed by atoms with Gasteiger partial charge in [-0.1, -0.05) is 24.3 Å². The van der Waals surface area contributed by atoms with Gasteiger partial charge in [-0.2, -0.15) is 0 Å². The Labute approximate surface area is 65.0 Å². The third-order valence-electron chi connectivity index (χ3n) is 1.68. The van der Waals surface area contributed by atoms with Crippen LogP contribution in [0.1, 0.15) is 5.56 Å². The Morgan fingerprint density at radius 1 is 1.40 bits per heavy atom. The van der Waals surface area contributed by atoms with Crippen LogP contribution in [0.5, 0.6) is 0 Å². The van der Waals surface area contributed by atoms with Gasteiger partial charge in [-0.15, -0.1) is 11.5 Å². The highest BCUT2D eigenvalue weighted by atomic mass is 35.5. The summed E-state index contributed by atoms with van der Waals surface area (Å²) in [6.45, 7) is 0.657. The molecule has 50 valence electrons. The lowest BCUT2D eigenvalue weighted by Gasteiger charge is -1.93. The van der Waals surface area contributed by atoms with Crippen LogP contribution in [-0.4, -0.2) is 6.33 Å². The van der Waals surface area contributed by atoms with E-state index in [1.165, 1.54) is 5.56 Å². The molecule has 1 heterocycles. The zero-order valence-corrected chi connectivity index (χ0v) is 6.14. The van der Waals surface area contributed by atoms with Gasteiger partial charge >= 0.3 is 6.33 Å². The average molecular weight is 152 g/mol. The molecule has 0 N–H and O–H groups in total. The Bertz CT molecular complexity index is 251. The van der Waals surface area contributed by atoms with Gasteiger partial charge in [0, 0.05) is 0 Å². The molecule has 3 heteroatoms. The summed E-state index contributed by atoms with van der Waals surface area (Å²) in [6, 6.07) is 8.01. The fourth-order valence-corrected chi connectivity index (χ4v) is 1.42. The summed E-state index contributed by atoms with van der Waals surface area (Å²) < 4.78 is 5.19. The Morgan fingerprint density at radius 2 is 2.20 bits per heavy atom. The van der Waals surface area contributed by atoms with Gasteiger partial charge in [-0.3, -0.25) is 0 Å². The molecule has 0 unspecified atom stereocenters. The molecule has 1 nitrogen and oxygen atoms in total. The molecule has 1 aliphatic heterocycles. The van der Waals surface area contributed by atoms with Crippen LogP contribution < -0.4 is 5.46 Å². The van der Waals surface area contributed by atoms with Gasteiger partial charge in [0.1, 0.15) is 0 Å². The predicted molar refractivity (Wildman–Crippen MR) is 42.5 cm³/mol. The van der Waals surface area contributed by atoms with E-state index in [1.807, 2.05) is 24.3 Å². The molecule has 1 aromatic rings. The van der Waals surface area contributed by atoms with Gasteiger partial charge in [0.25, 0.3) is 0 Å². The Hall–Kier alpha value is -0.465. The van der Waals surface area contributed by atoms with Crippen LogP contribution in [0.15, 0.2) is 24.3 Å². The number of fused-ring (bicyclic) bond motifs is 1. The number of hydrogen-bond donors (Lipinski definition) is 0. The van der Waals surface area contributed by atoms with E-state index in [1.54, 1.807) is 0 Å². The Kier molecular flexibility index (Phi) is 1.44. The Morgan fingerprint density at radius 3 is 3.00 bits per heavy atom. The van der Waals surface area contributed by atoms with E-state index < -0.39 is 0 Å². The number of halogens is 1. The van der Waals surface area contributed by atoms with E-state index in [0.717, 1.165) is 5.46 Å². The average Bonchev–Trinajstić information content (AvgIpc) is 2.34. The van der Waals surface area contributed by atoms with Gasteiger partial charge in [-0.05, 0) is 11.0 Å². The number of hydrogen-bond acceptors (Lipinski definition) is 1. The largest absolute Gasteiger partial charge is 0.434 e. The number of rotatable bonds is 0. The second-order valence-corrected chi connectivity index (χ2v) is 2.72. The van der Waals surface area contributed by atoms with E-state index in [2.05, 4.69) is 0 Å². The zero-order valence-electron chi connectivity index (χ0n) is 5.38. The van der Waals surface area contributed by atoms with E-state index >= 15 is 0 Å². The van der Waals surface area contributed by atoms with Crippen molar-refractivity contribution in [3.63, 3.8) is 0 Å². The first-order valence-corrected chi connectivity index (χ1v) is 3.65. The highest BCUT2D eigenvalue weighted by molar-refractivity contribution is 7.11. The second kappa shape index (κ2) is 2.29. The van der Waals surface area contributed by atoms with Gasteiger partial charge in [0.15, 0.2) is 0 Å². The number of benzene rings is 1. The topological polar surface area (TPSA) is 9.23 Å². The van der Waals surface area contributed by atoms with Crippen LogP contribution in [-0.2, 0) is 11.3 Å². The van der Waals surface area contributed by atoms with Crippen molar-refractivity contribution in [3.8, 4) is 0 Å². The normalized spacial score (nSPS) is 15.5. The van der Waals surface area contributed by atoms with Crippen molar-refractivity contribution in [2.75, 3.05) is 0 Å². The molecule has 0 saturated carbocycles. The fraction of sp³-hybridized carbons (Fsp3) is 0.143. The standard InChI is InChI=1S/C7H6BClO/c9-8-7-4-2-1-3-6(7)5-10-8/h1-4H,5H2. The maximum atomic E-state index is 5.82. The lowest BCUT2D eigenvalue weighted by atomic mass is 9.86. The van der Waals surface area contributed by atoms with Crippen molar-refractivity contribution < 1.29 is 4.65 Å². The predicted octanol–water partition coefficient (Wildman–Crippen LogP) is 1.15. The van der Waals surface area contributed by atoms with Gasteiger partial charge in [0.05, 0.1) is 6.61 Å². The highest BCUT2D eigenvalue weighted by Crippen LogP contribution is 2.11. The maximum Gasteiger partial charge on any atom is 0.434 e. The lowest BCUT2D eigenvalue weighted by Crippen LogP contribution is -2.21. The second-order valence-electron chi connectivity index (χ2n) is 2.33. The van der Waals surface area contributed by atoms with Crippen LogP contribution in [0, 0.1) is 0 Å². The molecule has 0 amide bonds. The van der Waals surface area contributed by atoms with Crippen molar-refractivity contribution in [2.45, 2.75) is 6.61 Å². The summed E-state index contributed by atoms with van der Waals surface area (Å²) in [6.07, 6.45) is -0.226. The van der Waals surface area contributed by atoms with E-state index in [0.29, 0.717) is 6.61 Å². The van der Waals surface area contributed by atoms with Gasteiger partial charge in [-0.25, -0.2) is 0 Å². The first-order chi connectivity index (χ1) is 4.88. The van der Waals surface area contributed by atoms with E-state index in [4.69, 9.17) is 16.1 Å². The molecule has 0 saturated heterocycles. The maximum absolute atomic E-state index is 5.82. The first kappa shape index (κ1) is 6.26. The molecule has 0 bridgehead atoms. The van der Waals surface area contributed by atoms with E-state index in [9.17, 15) is 0 Å². The van der Waals surface area contributed by atoms with Crippen molar-refractivity contribution in [2.24, 2.45) is 0 Å². The van der Waals surface area contributed by atoms with Gasteiger partial charge in [0.2, 0.25) is 0 Å². The molecule has 10 heavy (non-hydrogen) atoms. The van der Waals surface area contributed by atoms with Crippen LogP contribution in [0.3, 0.4) is 0 Å². The third kappa shape index (κ3) is 0.843.